The SMILES string of the molecule is CC(NC(=O)OCc1ccccc1)c1nnc(CO)s1. The molecule has 20 heavy (non-hydrogen) atoms. The summed E-state index contributed by atoms with van der Waals surface area (Å²) in [5.74, 6) is 0. The maximum Gasteiger partial charge on any atom is 0.408 e. The molecule has 106 valence electrons. The highest BCUT2D eigenvalue weighted by Crippen LogP contribution is 2.17. The summed E-state index contributed by atoms with van der Waals surface area (Å²) in [7, 11) is 0. The molecule has 2 aromatic rings. The van der Waals surface area contributed by atoms with Crippen molar-refractivity contribution in [1.82, 2.24) is 15.5 Å². The van der Waals surface area contributed by atoms with Gasteiger partial charge >= 0.3 is 6.09 Å². The van der Waals surface area contributed by atoms with Gasteiger partial charge in [0.25, 0.3) is 0 Å². The van der Waals surface area contributed by atoms with Gasteiger partial charge in [-0.3, -0.25) is 0 Å². The molecule has 6 nitrogen and oxygen atoms in total. The lowest BCUT2D eigenvalue weighted by Crippen LogP contribution is -2.27. The van der Waals surface area contributed by atoms with Crippen LogP contribution < -0.4 is 5.32 Å². The number of aliphatic hydroxyl groups excluding tert-OH is 1. The number of carbonyl (C=O) groups is 1. The van der Waals surface area contributed by atoms with Crippen LogP contribution in [0.4, 0.5) is 4.79 Å². The molecule has 2 N–H and O–H groups in total. The number of aliphatic hydroxyl groups is 1. The van der Waals surface area contributed by atoms with Gasteiger partial charge in [-0.05, 0) is 12.5 Å². The molecule has 0 fully saturated rings. The van der Waals surface area contributed by atoms with Crippen molar-refractivity contribution in [2.75, 3.05) is 0 Å². The number of aromatic nitrogens is 2. The van der Waals surface area contributed by atoms with E-state index in [-0.39, 0.29) is 19.3 Å². The summed E-state index contributed by atoms with van der Waals surface area (Å²) < 4.78 is 5.11. The second-order valence-electron chi connectivity index (χ2n) is 4.12. The number of alkyl carbamates (subject to hydrolysis) is 1. The molecular formula is C13H15N3O3S. The fourth-order valence-electron chi connectivity index (χ4n) is 1.51. The highest BCUT2D eigenvalue weighted by molar-refractivity contribution is 7.11. The van der Waals surface area contributed by atoms with E-state index in [2.05, 4.69) is 15.5 Å². The fourth-order valence-corrected chi connectivity index (χ4v) is 2.21. The molecule has 1 aromatic carbocycles. The molecule has 2 rings (SSSR count). The molecule has 1 unspecified atom stereocenters. The Morgan fingerprint density at radius 2 is 2.15 bits per heavy atom. The zero-order valence-corrected chi connectivity index (χ0v) is 11.8. The highest BCUT2D eigenvalue weighted by Gasteiger charge is 2.15. The van der Waals surface area contributed by atoms with E-state index in [0.29, 0.717) is 10.0 Å². The molecule has 0 saturated carbocycles. The first-order valence-electron chi connectivity index (χ1n) is 6.09. The molecule has 0 bridgehead atoms. The lowest BCUT2D eigenvalue weighted by Gasteiger charge is -2.11. The lowest BCUT2D eigenvalue weighted by atomic mass is 10.2. The van der Waals surface area contributed by atoms with E-state index in [9.17, 15) is 4.79 Å². The Balaban J connectivity index is 1.82. The van der Waals surface area contributed by atoms with Gasteiger partial charge in [-0.1, -0.05) is 41.7 Å². The van der Waals surface area contributed by atoms with Crippen molar-refractivity contribution in [3.05, 3.63) is 45.9 Å². The van der Waals surface area contributed by atoms with Crippen LogP contribution >= 0.6 is 11.3 Å². The minimum Gasteiger partial charge on any atom is -0.445 e. The van der Waals surface area contributed by atoms with Crippen molar-refractivity contribution in [3.8, 4) is 0 Å². The van der Waals surface area contributed by atoms with Gasteiger partial charge in [0, 0.05) is 0 Å². The molecule has 0 radical (unpaired) electrons. The van der Waals surface area contributed by atoms with Crippen LogP contribution in [0.15, 0.2) is 30.3 Å². The zero-order chi connectivity index (χ0) is 14.4. The number of benzene rings is 1. The first-order chi connectivity index (χ1) is 9.69. The predicted molar refractivity (Wildman–Crippen MR) is 74.0 cm³/mol. The largest absolute Gasteiger partial charge is 0.445 e. The third-order valence-electron chi connectivity index (χ3n) is 2.54. The molecule has 1 atom stereocenters. The Bertz CT molecular complexity index is 559. The predicted octanol–water partition coefficient (Wildman–Crippen LogP) is 2.02. The number of carbonyl (C=O) groups excluding carboxylic acids is 1. The average Bonchev–Trinajstić information content (AvgIpc) is 2.95. The van der Waals surface area contributed by atoms with Crippen molar-refractivity contribution in [1.29, 1.82) is 0 Å². The van der Waals surface area contributed by atoms with Gasteiger partial charge in [-0.15, -0.1) is 10.2 Å². The van der Waals surface area contributed by atoms with Crippen molar-refractivity contribution in [3.63, 3.8) is 0 Å². The summed E-state index contributed by atoms with van der Waals surface area (Å²) in [5.41, 5.74) is 0.925. The standard InChI is InChI=1S/C13H15N3O3S/c1-9(12-16-15-11(7-17)20-12)14-13(18)19-8-10-5-3-2-4-6-10/h2-6,9,17H,7-8H2,1H3,(H,14,18). The van der Waals surface area contributed by atoms with Gasteiger partial charge in [0.05, 0.1) is 12.6 Å². The van der Waals surface area contributed by atoms with Gasteiger partial charge < -0.3 is 15.2 Å². The summed E-state index contributed by atoms with van der Waals surface area (Å²) in [6.07, 6.45) is -0.512. The minimum atomic E-state index is -0.512. The monoisotopic (exact) mass is 293 g/mol. The van der Waals surface area contributed by atoms with Crippen LogP contribution in [0.5, 0.6) is 0 Å². The summed E-state index contributed by atoms with van der Waals surface area (Å²) >= 11 is 1.25. The zero-order valence-electron chi connectivity index (χ0n) is 10.9. The smallest absolute Gasteiger partial charge is 0.408 e. The molecule has 1 aromatic heterocycles. The van der Waals surface area contributed by atoms with E-state index in [1.807, 2.05) is 30.3 Å². The van der Waals surface area contributed by atoms with Gasteiger partial charge in [0.2, 0.25) is 0 Å². The van der Waals surface area contributed by atoms with Crippen LogP contribution in [0.25, 0.3) is 0 Å². The normalized spacial score (nSPS) is 11.9. The van der Waals surface area contributed by atoms with Crippen LogP contribution in [0.3, 0.4) is 0 Å². The first kappa shape index (κ1) is 14.4. The maximum absolute atomic E-state index is 11.7. The number of nitrogens with one attached hydrogen (secondary N) is 1. The van der Waals surface area contributed by atoms with Gasteiger partial charge in [0.1, 0.15) is 16.6 Å². The number of hydrogen-bond acceptors (Lipinski definition) is 6. The Morgan fingerprint density at radius 1 is 1.40 bits per heavy atom. The van der Waals surface area contributed by atoms with E-state index in [1.165, 1.54) is 11.3 Å². The fraction of sp³-hybridized carbons (Fsp3) is 0.308. The molecule has 0 spiro atoms. The number of rotatable bonds is 5. The molecule has 0 aliphatic heterocycles. The lowest BCUT2D eigenvalue weighted by molar-refractivity contribution is 0.136. The van der Waals surface area contributed by atoms with Gasteiger partial charge in [-0.2, -0.15) is 0 Å². The molecule has 1 heterocycles. The van der Waals surface area contributed by atoms with Crippen LogP contribution in [-0.2, 0) is 18.0 Å². The van der Waals surface area contributed by atoms with Gasteiger partial charge in [0.15, 0.2) is 0 Å². The molecule has 1 amide bonds. The molecule has 0 aliphatic rings. The second-order valence-corrected chi connectivity index (χ2v) is 5.21. The maximum atomic E-state index is 11.7. The Labute approximate surface area is 120 Å². The Hall–Kier alpha value is -1.99. The van der Waals surface area contributed by atoms with Crippen molar-refractivity contribution < 1.29 is 14.6 Å². The van der Waals surface area contributed by atoms with Crippen LogP contribution in [-0.4, -0.2) is 21.4 Å². The van der Waals surface area contributed by atoms with Crippen LogP contribution in [0.1, 0.15) is 28.5 Å². The first-order valence-corrected chi connectivity index (χ1v) is 6.91. The molecule has 0 saturated heterocycles. The van der Waals surface area contributed by atoms with Crippen molar-refractivity contribution >= 4 is 17.4 Å². The highest BCUT2D eigenvalue weighted by atomic mass is 32.1. The minimum absolute atomic E-state index is 0.150. The summed E-state index contributed by atoms with van der Waals surface area (Å²) in [6.45, 7) is 1.85. The van der Waals surface area contributed by atoms with E-state index in [0.717, 1.165) is 5.56 Å². The van der Waals surface area contributed by atoms with Crippen molar-refractivity contribution in [2.45, 2.75) is 26.2 Å². The Morgan fingerprint density at radius 3 is 2.80 bits per heavy atom. The molecular weight excluding hydrogens is 278 g/mol. The van der Waals surface area contributed by atoms with Crippen LogP contribution in [0, 0.1) is 0 Å². The number of nitrogens with zero attached hydrogens (tertiary/aromatic N) is 2. The third-order valence-corrected chi connectivity index (χ3v) is 3.63. The number of ether oxygens (including phenoxy) is 1. The Kier molecular flexibility index (Phi) is 5.03. The van der Waals surface area contributed by atoms with E-state index in [4.69, 9.17) is 9.84 Å². The van der Waals surface area contributed by atoms with E-state index < -0.39 is 6.09 Å². The third kappa shape index (κ3) is 4.01. The topological polar surface area (TPSA) is 84.3 Å². The van der Waals surface area contributed by atoms with E-state index in [1.54, 1.807) is 6.92 Å². The summed E-state index contributed by atoms with van der Waals surface area (Å²) in [4.78, 5) is 11.7. The van der Waals surface area contributed by atoms with Crippen molar-refractivity contribution in [2.24, 2.45) is 0 Å². The summed E-state index contributed by atoms with van der Waals surface area (Å²) in [5, 5.41) is 20.4. The number of hydrogen-bond donors (Lipinski definition) is 2. The van der Waals surface area contributed by atoms with Gasteiger partial charge in [-0.25, -0.2) is 4.79 Å². The summed E-state index contributed by atoms with van der Waals surface area (Å²) in [6, 6.07) is 9.13. The van der Waals surface area contributed by atoms with Crippen LogP contribution in [0.2, 0.25) is 0 Å². The number of amides is 1. The quantitative estimate of drug-likeness (QED) is 0.881. The van der Waals surface area contributed by atoms with E-state index >= 15 is 0 Å². The second kappa shape index (κ2) is 6.97. The molecule has 7 heteroatoms. The average molecular weight is 293 g/mol. The molecule has 0 aliphatic carbocycles.